The van der Waals surface area contributed by atoms with E-state index in [0.29, 0.717) is 0 Å². The van der Waals surface area contributed by atoms with Gasteiger partial charge in [0.25, 0.3) is 0 Å². The number of rotatable bonds is 4. The molecule has 0 aliphatic rings. The first-order valence-corrected chi connectivity index (χ1v) is 7.56. The number of carbonyl (C=O) groups excluding carboxylic acids is 2. The zero-order chi connectivity index (χ0) is 19.5. The van der Waals surface area contributed by atoms with Crippen molar-refractivity contribution >= 4 is 23.2 Å². The molecule has 2 N–H and O–H groups in total. The summed E-state index contributed by atoms with van der Waals surface area (Å²) < 4.78 is 51.3. The highest BCUT2D eigenvalue weighted by molar-refractivity contribution is 6.14. The Morgan fingerprint density at radius 1 is 0.846 bits per heavy atom. The SMILES string of the molecule is CC(C)(C(=O)Nc1ccc(C(F)(F)F)cc1)C(=O)Nc1ccccc1F. The summed E-state index contributed by atoms with van der Waals surface area (Å²) in [6, 6.07) is 9.30. The molecule has 0 heterocycles. The molecule has 0 aromatic heterocycles. The molecular formula is C18H16F4N2O2. The van der Waals surface area contributed by atoms with E-state index in [1.54, 1.807) is 0 Å². The van der Waals surface area contributed by atoms with Crippen LogP contribution in [0.1, 0.15) is 19.4 Å². The van der Waals surface area contributed by atoms with Crippen molar-refractivity contribution in [3.05, 3.63) is 59.9 Å². The smallest absolute Gasteiger partial charge is 0.325 e. The van der Waals surface area contributed by atoms with Gasteiger partial charge in [-0.25, -0.2) is 4.39 Å². The van der Waals surface area contributed by atoms with Gasteiger partial charge in [0, 0.05) is 5.69 Å². The van der Waals surface area contributed by atoms with Gasteiger partial charge in [-0.2, -0.15) is 13.2 Å². The highest BCUT2D eigenvalue weighted by Gasteiger charge is 2.37. The van der Waals surface area contributed by atoms with Crippen LogP contribution < -0.4 is 10.6 Å². The molecule has 0 radical (unpaired) electrons. The molecule has 0 unspecified atom stereocenters. The first-order chi connectivity index (χ1) is 12.0. The fourth-order valence-corrected chi connectivity index (χ4v) is 1.97. The van der Waals surface area contributed by atoms with Crippen LogP contribution in [-0.2, 0) is 15.8 Å². The Bertz CT molecular complexity index is 815. The number of para-hydroxylation sites is 1. The number of anilines is 2. The van der Waals surface area contributed by atoms with Crippen molar-refractivity contribution in [2.45, 2.75) is 20.0 Å². The van der Waals surface area contributed by atoms with Crippen LogP contribution in [0.2, 0.25) is 0 Å². The predicted molar refractivity (Wildman–Crippen MR) is 88.9 cm³/mol. The zero-order valence-corrected chi connectivity index (χ0v) is 13.9. The second kappa shape index (κ2) is 7.15. The lowest BCUT2D eigenvalue weighted by Gasteiger charge is -2.23. The first kappa shape index (κ1) is 19.4. The summed E-state index contributed by atoms with van der Waals surface area (Å²) in [6.45, 7) is 2.64. The van der Waals surface area contributed by atoms with Crippen LogP contribution in [-0.4, -0.2) is 11.8 Å². The van der Waals surface area contributed by atoms with E-state index >= 15 is 0 Å². The molecule has 138 valence electrons. The van der Waals surface area contributed by atoms with E-state index in [2.05, 4.69) is 10.6 Å². The highest BCUT2D eigenvalue weighted by atomic mass is 19.4. The van der Waals surface area contributed by atoms with Gasteiger partial charge in [0.15, 0.2) is 0 Å². The minimum atomic E-state index is -4.48. The van der Waals surface area contributed by atoms with Crippen molar-refractivity contribution in [3.63, 3.8) is 0 Å². The van der Waals surface area contributed by atoms with Crippen LogP contribution in [0.5, 0.6) is 0 Å². The maximum absolute atomic E-state index is 13.6. The molecule has 2 amide bonds. The van der Waals surface area contributed by atoms with E-state index in [4.69, 9.17) is 0 Å². The zero-order valence-electron chi connectivity index (χ0n) is 13.9. The van der Waals surface area contributed by atoms with Gasteiger partial charge < -0.3 is 10.6 Å². The molecule has 2 aromatic carbocycles. The summed E-state index contributed by atoms with van der Waals surface area (Å²) >= 11 is 0. The van der Waals surface area contributed by atoms with Gasteiger partial charge >= 0.3 is 6.18 Å². The minimum absolute atomic E-state index is 0.0760. The topological polar surface area (TPSA) is 58.2 Å². The normalized spacial score (nSPS) is 11.8. The fraction of sp³-hybridized carbons (Fsp3) is 0.222. The third kappa shape index (κ3) is 4.38. The van der Waals surface area contributed by atoms with Gasteiger partial charge in [0.05, 0.1) is 11.3 Å². The van der Waals surface area contributed by atoms with Crippen molar-refractivity contribution in [2.75, 3.05) is 10.6 Å². The van der Waals surface area contributed by atoms with Gasteiger partial charge in [-0.3, -0.25) is 9.59 Å². The molecule has 0 bridgehead atoms. The Morgan fingerprint density at radius 3 is 1.92 bits per heavy atom. The first-order valence-electron chi connectivity index (χ1n) is 7.56. The Morgan fingerprint density at radius 2 is 1.38 bits per heavy atom. The number of carbonyl (C=O) groups is 2. The van der Waals surface area contributed by atoms with Gasteiger partial charge in [-0.1, -0.05) is 12.1 Å². The van der Waals surface area contributed by atoms with Crippen molar-refractivity contribution in [3.8, 4) is 0 Å². The number of hydrogen-bond acceptors (Lipinski definition) is 2. The summed E-state index contributed by atoms with van der Waals surface area (Å²) in [5.41, 5.74) is -2.42. The number of halogens is 4. The van der Waals surface area contributed by atoms with Crippen LogP contribution in [0.3, 0.4) is 0 Å². The molecule has 0 fully saturated rings. The molecule has 2 rings (SSSR count). The fourth-order valence-electron chi connectivity index (χ4n) is 1.97. The minimum Gasteiger partial charge on any atom is -0.325 e. The molecular weight excluding hydrogens is 352 g/mol. The van der Waals surface area contributed by atoms with Crippen LogP contribution >= 0.6 is 0 Å². The van der Waals surface area contributed by atoms with E-state index in [1.807, 2.05) is 0 Å². The lowest BCUT2D eigenvalue weighted by atomic mass is 9.90. The summed E-state index contributed by atoms with van der Waals surface area (Å²) in [6.07, 6.45) is -4.48. The molecule has 0 saturated carbocycles. The van der Waals surface area contributed by atoms with Crippen molar-refractivity contribution in [2.24, 2.45) is 5.41 Å². The highest BCUT2D eigenvalue weighted by Crippen LogP contribution is 2.30. The molecule has 0 saturated heterocycles. The third-order valence-electron chi connectivity index (χ3n) is 3.73. The average Bonchev–Trinajstić information content (AvgIpc) is 2.56. The number of nitrogens with one attached hydrogen (secondary N) is 2. The Balaban J connectivity index is 2.09. The van der Waals surface area contributed by atoms with Gasteiger partial charge in [0.1, 0.15) is 11.2 Å². The molecule has 0 aliphatic carbocycles. The predicted octanol–water partition coefficient (Wildman–Crippen LogP) is 4.45. The average molecular weight is 368 g/mol. The summed E-state index contributed by atoms with van der Waals surface area (Å²) in [4.78, 5) is 24.7. The van der Waals surface area contributed by atoms with E-state index in [0.717, 1.165) is 30.3 Å². The number of alkyl halides is 3. The summed E-state index contributed by atoms with van der Waals surface area (Å²) in [7, 11) is 0. The Labute approximate surface area is 147 Å². The summed E-state index contributed by atoms with van der Waals surface area (Å²) in [5.74, 6) is -2.15. The number of amides is 2. The second-order valence-corrected chi connectivity index (χ2v) is 6.09. The van der Waals surface area contributed by atoms with Crippen molar-refractivity contribution in [1.82, 2.24) is 0 Å². The molecule has 2 aromatic rings. The Kier molecular flexibility index (Phi) is 5.34. The quantitative estimate of drug-likeness (QED) is 0.619. The molecule has 0 aliphatic heterocycles. The van der Waals surface area contributed by atoms with Crippen molar-refractivity contribution < 1.29 is 27.2 Å². The monoisotopic (exact) mass is 368 g/mol. The van der Waals surface area contributed by atoms with Crippen LogP contribution in [0.4, 0.5) is 28.9 Å². The second-order valence-electron chi connectivity index (χ2n) is 6.09. The van der Waals surface area contributed by atoms with Gasteiger partial charge in [-0.05, 0) is 50.2 Å². The maximum Gasteiger partial charge on any atom is 0.416 e. The maximum atomic E-state index is 13.6. The number of benzene rings is 2. The van der Waals surface area contributed by atoms with E-state index < -0.39 is 34.8 Å². The molecule has 0 atom stereocenters. The van der Waals surface area contributed by atoms with Gasteiger partial charge in [0.2, 0.25) is 11.8 Å². The van der Waals surface area contributed by atoms with Gasteiger partial charge in [-0.15, -0.1) is 0 Å². The number of hydrogen-bond donors (Lipinski definition) is 2. The largest absolute Gasteiger partial charge is 0.416 e. The Hall–Kier alpha value is -2.90. The molecule has 0 spiro atoms. The lowest BCUT2D eigenvalue weighted by molar-refractivity contribution is -0.137. The van der Waals surface area contributed by atoms with E-state index in [9.17, 15) is 27.2 Å². The molecule has 4 nitrogen and oxygen atoms in total. The molecule has 8 heteroatoms. The van der Waals surface area contributed by atoms with E-state index in [1.165, 1.54) is 32.0 Å². The standard InChI is InChI=1S/C18H16F4N2O2/c1-17(2,16(26)24-14-6-4-3-5-13(14)19)15(25)23-12-9-7-11(8-10-12)18(20,21)22/h3-10H,1-2H3,(H,23,25)(H,24,26). The molecule has 26 heavy (non-hydrogen) atoms. The van der Waals surface area contributed by atoms with Crippen molar-refractivity contribution in [1.29, 1.82) is 0 Å². The third-order valence-corrected chi connectivity index (χ3v) is 3.73. The summed E-state index contributed by atoms with van der Waals surface area (Å²) in [5, 5.41) is 4.70. The van der Waals surface area contributed by atoms with Crippen LogP contribution in [0.15, 0.2) is 48.5 Å². The van der Waals surface area contributed by atoms with Crippen LogP contribution in [0, 0.1) is 11.2 Å². The van der Waals surface area contributed by atoms with E-state index in [-0.39, 0.29) is 11.4 Å². The lowest BCUT2D eigenvalue weighted by Crippen LogP contribution is -2.41. The van der Waals surface area contributed by atoms with Crippen LogP contribution in [0.25, 0.3) is 0 Å².